The van der Waals surface area contributed by atoms with Crippen LogP contribution in [-0.2, 0) is 17.9 Å². The van der Waals surface area contributed by atoms with E-state index in [1.165, 1.54) is 0 Å². The maximum atomic E-state index is 11.5. The van der Waals surface area contributed by atoms with Crippen LogP contribution in [0.15, 0.2) is 54.9 Å². The number of aliphatic hydroxyl groups is 1. The zero-order chi connectivity index (χ0) is 35.5. The summed E-state index contributed by atoms with van der Waals surface area (Å²) >= 11 is 14.2. The third-order valence-corrected chi connectivity index (χ3v) is 10.3. The van der Waals surface area contributed by atoms with Crippen molar-refractivity contribution in [3.05, 3.63) is 76.3 Å². The number of carbonyl (C=O) groups excluding carboxylic acids is 1. The topological polar surface area (TPSA) is 148 Å². The Morgan fingerprint density at radius 2 is 1.76 bits per heavy atom. The van der Waals surface area contributed by atoms with Crippen molar-refractivity contribution in [1.29, 1.82) is 0 Å². The highest BCUT2D eigenvalue weighted by Crippen LogP contribution is 2.42. The van der Waals surface area contributed by atoms with Crippen LogP contribution in [0.1, 0.15) is 49.9 Å². The van der Waals surface area contributed by atoms with Crippen molar-refractivity contribution in [2.75, 3.05) is 20.8 Å². The van der Waals surface area contributed by atoms with Gasteiger partial charge in [-0.15, -0.1) is 5.10 Å². The summed E-state index contributed by atoms with van der Waals surface area (Å²) < 4.78 is 13.1. The molecule has 2 fully saturated rings. The van der Waals surface area contributed by atoms with E-state index in [9.17, 15) is 9.90 Å². The monoisotopic (exact) mass is 730 g/mol. The molecule has 0 spiro atoms. The van der Waals surface area contributed by atoms with Crippen molar-refractivity contribution in [3.8, 4) is 45.3 Å². The fraction of sp³-hybridized carbons (Fsp3) is 0.378. The lowest BCUT2D eigenvalue weighted by atomic mass is 9.93. The minimum Gasteiger partial charge on any atom is -0.493 e. The first-order valence-electron chi connectivity index (χ1n) is 17.1. The highest BCUT2D eigenvalue weighted by Gasteiger charge is 2.23. The molecule has 5 heterocycles. The number of nitrogens with zero attached hydrogens (tertiary/aromatic N) is 5. The largest absolute Gasteiger partial charge is 0.493 e. The standard InChI is InChI=1S/C37H40Cl2N8O4/c1-50-30-16-22(20-47-36(30)45-31(46-47)19-42-23-7-10-25(48)11-8-23)35-34(39)27(14-15-41-35)26-4-3-5-28(33(26)38)29-12-6-21(37(44-29)51-2)17-40-18-24-9-13-32(49)43-24/h3-6,12,14-16,20,23-25,40,42,48H,7-11,13,17-19H2,1-2H3,(H,43,49)/t23?,24-,25?/m0/s1. The molecule has 4 N–H and O–H groups in total. The van der Waals surface area contributed by atoms with Gasteiger partial charge in [0.15, 0.2) is 17.2 Å². The van der Waals surface area contributed by atoms with Gasteiger partial charge in [-0.3, -0.25) is 9.78 Å². The van der Waals surface area contributed by atoms with Gasteiger partial charge in [-0.1, -0.05) is 47.5 Å². The lowest BCUT2D eigenvalue weighted by molar-refractivity contribution is -0.119. The summed E-state index contributed by atoms with van der Waals surface area (Å²) in [5.74, 6) is 1.77. The van der Waals surface area contributed by atoms with Crippen LogP contribution in [0.2, 0.25) is 10.0 Å². The SMILES string of the molecule is COc1nc(-c2cccc(-c3ccnc(-c4cc(OC)c5nc(CNC6CCC(O)CC6)nn5c4)c3Cl)c2Cl)ccc1CNC[C@@H]1CCC(=O)N1. The normalized spacial score (nSPS) is 19.0. The number of halogens is 2. The number of hydrogen-bond acceptors (Lipinski definition) is 10. The number of benzene rings is 1. The van der Waals surface area contributed by atoms with Gasteiger partial charge in [0.25, 0.3) is 0 Å². The second-order valence-electron chi connectivity index (χ2n) is 13.0. The maximum absolute atomic E-state index is 11.5. The molecule has 4 aromatic heterocycles. The van der Waals surface area contributed by atoms with Gasteiger partial charge in [-0.25, -0.2) is 14.5 Å². The van der Waals surface area contributed by atoms with E-state index in [1.54, 1.807) is 24.9 Å². The average molecular weight is 732 g/mol. The van der Waals surface area contributed by atoms with Crippen LogP contribution in [0.4, 0.5) is 0 Å². The molecule has 1 saturated carbocycles. The molecule has 266 valence electrons. The second-order valence-corrected chi connectivity index (χ2v) is 13.7. The van der Waals surface area contributed by atoms with E-state index in [-0.39, 0.29) is 18.1 Å². The third kappa shape index (κ3) is 7.65. The van der Waals surface area contributed by atoms with E-state index < -0.39 is 0 Å². The van der Waals surface area contributed by atoms with E-state index in [2.05, 4.69) is 20.9 Å². The predicted molar refractivity (Wildman–Crippen MR) is 196 cm³/mol. The number of fused-ring (bicyclic) bond motifs is 1. The molecule has 7 rings (SSSR count). The number of aromatic nitrogens is 5. The summed E-state index contributed by atoms with van der Waals surface area (Å²) in [6.45, 7) is 1.72. The van der Waals surface area contributed by atoms with E-state index >= 15 is 0 Å². The molecule has 0 radical (unpaired) electrons. The Bertz CT molecular complexity index is 2050. The van der Waals surface area contributed by atoms with Crippen molar-refractivity contribution in [2.24, 2.45) is 0 Å². The van der Waals surface area contributed by atoms with Crippen LogP contribution in [-0.4, -0.2) is 74.5 Å². The van der Waals surface area contributed by atoms with Gasteiger partial charge in [-0.2, -0.15) is 0 Å². The van der Waals surface area contributed by atoms with Crippen LogP contribution >= 0.6 is 23.2 Å². The zero-order valence-corrected chi connectivity index (χ0v) is 30.0. The third-order valence-electron chi connectivity index (χ3n) is 9.56. The molecule has 12 nitrogen and oxygen atoms in total. The summed E-state index contributed by atoms with van der Waals surface area (Å²) in [7, 11) is 3.19. The predicted octanol–water partition coefficient (Wildman–Crippen LogP) is 5.61. The van der Waals surface area contributed by atoms with E-state index in [4.69, 9.17) is 47.7 Å². The Labute approximate surface area is 305 Å². The first-order chi connectivity index (χ1) is 24.8. The zero-order valence-electron chi connectivity index (χ0n) is 28.5. The maximum Gasteiger partial charge on any atom is 0.220 e. The summed E-state index contributed by atoms with van der Waals surface area (Å²) in [4.78, 5) is 25.7. The number of nitrogens with one attached hydrogen (secondary N) is 3. The van der Waals surface area contributed by atoms with Crippen LogP contribution in [0.5, 0.6) is 11.6 Å². The van der Waals surface area contributed by atoms with Gasteiger partial charge < -0.3 is 30.5 Å². The number of ether oxygens (including phenoxy) is 2. The molecule has 2 aliphatic rings. The van der Waals surface area contributed by atoms with Crippen molar-refractivity contribution in [2.45, 2.75) is 69.8 Å². The molecule has 0 unspecified atom stereocenters. The van der Waals surface area contributed by atoms with E-state index in [1.807, 2.05) is 48.7 Å². The van der Waals surface area contributed by atoms with Gasteiger partial charge in [0, 0.05) is 71.8 Å². The average Bonchev–Trinajstić information content (AvgIpc) is 3.76. The smallest absolute Gasteiger partial charge is 0.220 e. The Kier molecular flexibility index (Phi) is 10.7. The molecule has 1 aliphatic heterocycles. The quantitative estimate of drug-likeness (QED) is 0.128. The minimum absolute atomic E-state index is 0.0954. The Balaban J connectivity index is 1.13. The number of aliphatic hydroxyl groups excluding tert-OH is 1. The number of methoxy groups -OCH3 is 2. The lowest BCUT2D eigenvalue weighted by Crippen LogP contribution is -2.35. The summed E-state index contributed by atoms with van der Waals surface area (Å²) in [5.41, 5.74) is 5.55. The van der Waals surface area contributed by atoms with Gasteiger partial charge in [0.2, 0.25) is 11.8 Å². The summed E-state index contributed by atoms with van der Waals surface area (Å²) in [5, 5.41) is 25.4. The summed E-state index contributed by atoms with van der Waals surface area (Å²) in [6.07, 6.45) is 8.20. The molecule has 1 amide bonds. The molecule has 1 aliphatic carbocycles. The fourth-order valence-corrected chi connectivity index (χ4v) is 7.45. The van der Waals surface area contributed by atoms with E-state index in [0.717, 1.165) is 48.8 Å². The van der Waals surface area contributed by atoms with Crippen molar-refractivity contribution < 1.29 is 19.4 Å². The van der Waals surface area contributed by atoms with Crippen molar-refractivity contribution in [1.82, 2.24) is 40.5 Å². The van der Waals surface area contributed by atoms with Crippen LogP contribution in [0, 0.1) is 0 Å². The van der Waals surface area contributed by atoms with Gasteiger partial charge in [0.1, 0.15) is 0 Å². The number of carbonyl (C=O) groups is 1. The number of amides is 1. The molecule has 5 aromatic rings. The molecule has 1 saturated heterocycles. The highest BCUT2D eigenvalue weighted by atomic mass is 35.5. The molecule has 1 aromatic carbocycles. The number of hydrogen-bond donors (Lipinski definition) is 4. The summed E-state index contributed by atoms with van der Waals surface area (Å²) in [6, 6.07) is 13.8. The van der Waals surface area contributed by atoms with Crippen LogP contribution < -0.4 is 25.4 Å². The first kappa shape index (κ1) is 35.1. The van der Waals surface area contributed by atoms with Gasteiger partial charge >= 0.3 is 0 Å². The second kappa shape index (κ2) is 15.5. The van der Waals surface area contributed by atoms with Crippen LogP contribution in [0.25, 0.3) is 39.3 Å². The van der Waals surface area contributed by atoms with Crippen LogP contribution in [0.3, 0.4) is 0 Å². The van der Waals surface area contributed by atoms with Gasteiger partial charge in [0.05, 0.1) is 48.3 Å². The molecule has 14 heteroatoms. The Hall–Kier alpha value is -4.33. The van der Waals surface area contributed by atoms with Gasteiger partial charge in [-0.05, 0) is 50.3 Å². The molecular formula is C37H40Cl2N8O4. The van der Waals surface area contributed by atoms with E-state index in [0.29, 0.717) is 87.8 Å². The number of pyridine rings is 3. The number of rotatable bonds is 12. The van der Waals surface area contributed by atoms with Crippen molar-refractivity contribution >= 4 is 34.8 Å². The molecular weight excluding hydrogens is 691 g/mol. The Morgan fingerprint density at radius 1 is 0.961 bits per heavy atom. The first-order valence-corrected chi connectivity index (χ1v) is 17.9. The highest BCUT2D eigenvalue weighted by molar-refractivity contribution is 6.39. The lowest BCUT2D eigenvalue weighted by Gasteiger charge is -2.25. The minimum atomic E-state index is -0.204. The van der Waals surface area contributed by atoms with Crippen molar-refractivity contribution in [3.63, 3.8) is 0 Å². The molecule has 0 bridgehead atoms. The Morgan fingerprint density at radius 3 is 2.53 bits per heavy atom. The molecule has 51 heavy (non-hydrogen) atoms. The molecule has 1 atom stereocenters. The fourth-order valence-electron chi connectivity index (χ4n) is 6.80.